The monoisotopic (exact) mass is 920 g/mol. The molecular formula is C48H50ClFN8O4S2. The number of carbonyl (C=O) groups is 3. The molecule has 6 aromatic rings. The molecule has 0 saturated carbocycles. The van der Waals surface area contributed by atoms with Crippen molar-refractivity contribution in [1.29, 1.82) is 0 Å². The number of fused-ring (bicyclic) bond motifs is 3. The predicted octanol–water partition coefficient (Wildman–Crippen LogP) is 9.04. The lowest BCUT2D eigenvalue weighted by atomic mass is 9.85. The smallest absolute Gasteiger partial charge is 0.253 e. The van der Waals surface area contributed by atoms with E-state index >= 15 is 4.39 Å². The van der Waals surface area contributed by atoms with Crippen molar-refractivity contribution in [3.05, 3.63) is 127 Å². The van der Waals surface area contributed by atoms with Crippen LogP contribution in [-0.2, 0) is 9.59 Å². The third-order valence-electron chi connectivity index (χ3n) is 12.2. The number of hydrogen-bond acceptors (Lipinski definition) is 10. The Hall–Kier alpha value is -5.61. The van der Waals surface area contributed by atoms with Crippen molar-refractivity contribution in [3.63, 3.8) is 0 Å². The number of aliphatic imine (C=N–C) groups is 1. The molecule has 5 heterocycles. The fraction of sp³-hybridized carbons (Fsp3) is 0.354. The summed E-state index contributed by atoms with van der Waals surface area (Å²) in [7, 11) is 0. The van der Waals surface area contributed by atoms with Crippen molar-refractivity contribution >= 4 is 57.7 Å². The Balaban J connectivity index is 0.983. The molecule has 0 spiro atoms. The average Bonchev–Trinajstić information content (AvgIpc) is 4.02. The minimum absolute atomic E-state index is 0.00877. The summed E-state index contributed by atoms with van der Waals surface area (Å²) in [6, 6.07) is 14.9. The maximum atomic E-state index is 16.1. The number of aliphatic hydroxyl groups is 1. The van der Waals surface area contributed by atoms with E-state index in [1.54, 1.807) is 61.1 Å². The van der Waals surface area contributed by atoms with Gasteiger partial charge >= 0.3 is 0 Å². The van der Waals surface area contributed by atoms with Gasteiger partial charge in [-0.2, -0.15) is 0 Å². The standard InChI is InChI=1S/C48H50ClFN8O4S2/c1-23-27(5)64-47-39(23)40(52-26(4)43-56-55-28(6)58(43)47)31-14-12-30(13-15-31)34-19-36(49)35(20-37(34)50)44(60)54-42(48(7,8)9)46(62)57-21-33(59)18-38(57)45(61)53-24(2)29-10-16-32(17-11-29)41-25(3)51-22-63-41/h10-17,19-20,22,24,26,33,38,42,59H,18,21H2,1-9H3,(H,53,61)(H,54,60)/t24-,26-,33+,38-,42+/m0/s1. The van der Waals surface area contributed by atoms with Gasteiger partial charge in [-0.15, -0.1) is 32.9 Å². The Morgan fingerprint density at radius 2 is 1.62 bits per heavy atom. The van der Waals surface area contributed by atoms with Gasteiger partial charge < -0.3 is 20.6 Å². The summed E-state index contributed by atoms with van der Waals surface area (Å²) in [5.41, 5.74) is 8.17. The molecule has 1 saturated heterocycles. The molecule has 3 aromatic carbocycles. The van der Waals surface area contributed by atoms with E-state index in [4.69, 9.17) is 16.6 Å². The highest BCUT2D eigenvalue weighted by atomic mass is 35.5. The minimum Gasteiger partial charge on any atom is -0.391 e. The van der Waals surface area contributed by atoms with E-state index in [-0.39, 0.29) is 35.2 Å². The molecule has 0 radical (unpaired) electrons. The molecule has 2 aliphatic rings. The molecule has 8 rings (SSSR count). The number of amides is 3. The lowest BCUT2D eigenvalue weighted by Crippen LogP contribution is -2.57. The number of rotatable bonds is 9. The lowest BCUT2D eigenvalue weighted by molar-refractivity contribution is -0.142. The van der Waals surface area contributed by atoms with Crippen LogP contribution < -0.4 is 10.6 Å². The van der Waals surface area contributed by atoms with Crippen LogP contribution in [0.2, 0.25) is 5.02 Å². The topological polar surface area (TPSA) is 155 Å². The fourth-order valence-electron chi connectivity index (χ4n) is 8.45. The number of likely N-dealkylation sites (tertiary alicyclic amines) is 1. The highest BCUT2D eigenvalue weighted by Gasteiger charge is 2.45. The minimum atomic E-state index is -1.16. The Bertz CT molecular complexity index is 2830. The Labute approximate surface area is 384 Å². The van der Waals surface area contributed by atoms with Crippen LogP contribution in [0.3, 0.4) is 0 Å². The van der Waals surface area contributed by atoms with Crippen molar-refractivity contribution in [1.82, 2.24) is 35.3 Å². The number of thiazole rings is 1. The Morgan fingerprint density at radius 3 is 2.28 bits per heavy atom. The van der Waals surface area contributed by atoms with Gasteiger partial charge in [0.2, 0.25) is 11.8 Å². The van der Waals surface area contributed by atoms with Crippen LogP contribution in [0.5, 0.6) is 0 Å². The molecule has 3 amide bonds. The molecule has 332 valence electrons. The van der Waals surface area contributed by atoms with E-state index in [2.05, 4.69) is 44.2 Å². The van der Waals surface area contributed by atoms with Crippen LogP contribution in [0.4, 0.5) is 4.39 Å². The zero-order valence-corrected chi connectivity index (χ0v) is 39.5. The maximum absolute atomic E-state index is 16.1. The van der Waals surface area contributed by atoms with Crippen LogP contribution in [0.15, 0.2) is 71.2 Å². The summed E-state index contributed by atoms with van der Waals surface area (Å²) in [5, 5.41) is 26.3. The second-order valence-corrected chi connectivity index (χ2v) is 20.2. The Kier molecular flexibility index (Phi) is 12.2. The quantitative estimate of drug-likeness (QED) is 0.131. The highest BCUT2D eigenvalue weighted by Crippen LogP contribution is 2.39. The van der Waals surface area contributed by atoms with Gasteiger partial charge in [0.1, 0.15) is 34.8 Å². The summed E-state index contributed by atoms with van der Waals surface area (Å²) in [4.78, 5) is 55.1. The molecule has 1 fully saturated rings. The van der Waals surface area contributed by atoms with Gasteiger partial charge in [-0.25, -0.2) is 9.37 Å². The van der Waals surface area contributed by atoms with Gasteiger partial charge in [0.15, 0.2) is 5.82 Å². The molecule has 3 N–H and O–H groups in total. The van der Waals surface area contributed by atoms with E-state index in [0.29, 0.717) is 5.56 Å². The first kappa shape index (κ1) is 45.0. The Morgan fingerprint density at radius 1 is 0.953 bits per heavy atom. The first-order chi connectivity index (χ1) is 30.3. The van der Waals surface area contributed by atoms with Crippen LogP contribution in [0.25, 0.3) is 26.6 Å². The molecular weight excluding hydrogens is 871 g/mol. The number of carbonyl (C=O) groups excluding carboxylic acids is 3. The van der Waals surface area contributed by atoms with E-state index in [0.717, 1.165) is 71.7 Å². The zero-order valence-electron chi connectivity index (χ0n) is 37.1. The van der Waals surface area contributed by atoms with Crippen LogP contribution in [0, 0.1) is 38.9 Å². The number of nitrogens with zero attached hydrogens (tertiary/aromatic N) is 6. The van der Waals surface area contributed by atoms with E-state index in [9.17, 15) is 19.5 Å². The average molecular weight is 922 g/mol. The molecule has 12 nitrogen and oxygen atoms in total. The number of β-amino-alcohol motifs (C(OH)–C–C–N with tert-alkyl or cyclic N) is 1. The van der Waals surface area contributed by atoms with Crippen LogP contribution in [0.1, 0.15) is 108 Å². The lowest BCUT2D eigenvalue weighted by Gasteiger charge is -2.35. The van der Waals surface area contributed by atoms with Crippen molar-refractivity contribution in [3.8, 4) is 26.6 Å². The second-order valence-electron chi connectivity index (χ2n) is 17.7. The van der Waals surface area contributed by atoms with Gasteiger partial charge in [0, 0.05) is 34.5 Å². The van der Waals surface area contributed by atoms with Gasteiger partial charge in [-0.3, -0.25) is 23.9 Å². The normalized spacial score (nSPS) is 18.2. The number of aromatic nitrogens is 4. The number of aryl methyl sites for hydroxylation is 3. The third-order valence-corrected chi connectivity index (χ3v) is 14.6. The molecule has 16 heteroatoms. The number of aliphatic hydroxyl groups excluding tert-OH is 1. The predicted molar refractivity (Wildman–Crippen MR) is 250 cm³/mol. The highest BCUT2D eigenvalue weighted by molar-refractivity contribution is 7.15. The molecule has 0 unspecified atom stereocenters. The molecule has 3 aromatic heterocycles. The van der Waals surface area contributed by atoms with Crippen LogP contribution >= 0.6 is 34.3 Å². The van der Waals surface area contributed by atoms with Crippen LogP contribution in [-0.4, -0.2) is 77.9 Å². The number of hydrogen-bond donors (Lipinski definition) is 3. The third kappa shape index (κ3) is 8.41. The summed E-state index contributed by atoms with van der Waals surface area (Å²) >= 11 is 9.97. The van der Waals surface area contributed by atoms with E-state index < -0.39 is 53.2 Å². The van der Waals surface area contributed by atoms with Crippen molar-refractivity contribution < 1.29 is 23.9 Å². The number of halogens is 2. The van der Waals surface area contributed by atoms with Crippen molar-refractivity contribution in [2.45, 2.75) is 99.0 Å². The van der Waals surface area contributed by atoms with Crippen molar-refractivity contribution in [2.75, 3.05) is 6.54 Å². The second kappa shape index (κ2) is 17.4. The largest absolute Gasteiger partial charge is 0.391 e. The molecule has 2 aliphatic heterocycles. The zero-order chi connectivity index (χ0) is 45.9. The summed E-state index contributed by atoms with van der Waals surface area (Å²) in [5.74, 6) is -0.860. The maximum Gasteiger partial charge on any atom is 0.253 e. The van der Waals surface area contributed by atoms with Gasteiger partial charge in [-0.05, 0) is 81.3 Å². The van der Waals surface area contributed by atoms with Crippen molar-refractivity contribution in [2.24, 2.45) is 10.4 Å². The van der Waals surface area contributed by atoms with Gasteiger partial charge in [0.05, 0.1) is 44.5 Å². The summed E-state index contributed by atoms with van der Waals surface area (Å²) in [6.07, 6.45) is -0.918. The molecule has 0 bridgehead atoms. The summed E-state index contributed by atoms with van der Waals surface area (Å²) < 4.78 is 18.2. The number of benzene rings is 3. The molecule has 5 atom stereocenters. The first-order valence-corrected chi connectivity index (χ1v) is 23.2. The van der Waals surface area contributed by atoms with E-state index in [1.165, 1.54) is 11.0 Å². The van der Waals surface area contributed by atoms with Gasteiger partial charge in [-0.1, -0.05) is 80.9 Å². The SMILES string of the molecule is Cc1ncsc1-c1ccc([C@H](C)NC(=O)[C@@H]2C[C@@H](O)CN2C(=O)[C@@H](NC(=O)c2cc(F)c(-c3ccc(C4=N[C@@H](C)c5nnc(C)n5-c5sc(C)c(C)c54)cc3)cc2Cl)C(C)(C)C)cc1. The number of thiophene rings is 1. The molecule has 64 heavy (non-hydrogen) atoms. The summed E-state index contributed by atoms with van der Waals surface area (Å²) in [6.45, 7) is 17.1. The number of nitrogens with one attached hydrogen (secondary N) is 2. The van der Waals surface area contributed by atoms with E-state index in [1.807, 2.05) is 64.1 Å². The van der Waals surface area contributed by atoms with Gasteiger partial charge in [0.25, 0.3) is 5.91 Å². The fourth-order valence-corrected chi connectivity index (χ4v) is 10.7. The molecule has 0 aliphatic carbocycles. The first-order valence-electron chi connectivity index (χ1n) is 21.1.